The summed E-state index contributed by atoms with van der Waals surface area (Å²) in [5.41, 5.74) is 0.938. The summed E-state index contributed by atoms with van der Waals surface area (Å²) in [6.07, 6.45) is 3.33. The molecule has 120 valence electrons. The van der Waals surface area contributed by atoms with Crippen molar-refractivity contribution in [2.75, 3.05) is 5.32 Å². The molecule has 0 saturated heterocycles. The number of aromatic nitrogens is 3. The molecule has 1 N–H and O–H groups in total. The maximum absolute atomic E-state index is 12.3. The summed E-state index contributed by atoms with van der Waals surface area (Å²) in [5.74, 6) is -0.332. The lowest BCUT2D eigenvalue weighted by Crippen LogP contribution is -2.12. The van der Waals surface area contributed by atoms with Crippen LogP contribution in [0.25, 0.3) is 0 Å². The lowest BCUT2D eigenvalue weighted by molar-refractivity contribution is 0.102. The molecule has 0 aromatic carbocycles. The van der Waals surface area contributed by atoms with E-state index in [4.69, 9.17) is 23.2 Å². The largest absolute Gasteiger partial charge is 0.322 e. The van der Waals surface area contributed by atoms with Crippen molar-refractivity contribution in [3.05, 3.63) is 70.7 Å². The first-order valence-electron chi connectivity index (χ1n) is 6.79. The van der Waals surface area contributed by atoms with Crippen molar-refractivity contribution in [1.29, 1.82) is 0 Å². The number of halogens is 2. The van der Waals surface area contributed by atoms with Crippen LogP contribution in [0, 0.1) is 0 Å². The van der Waals surface area contributed by atoms with E-state index in [9.17, 15) is 4.79 Å². The standard InChI is InChI=1S/C16H10Cl2N4OS/c17-12-7-10(8-13(18)22-12)16(23)21-11-4-6-20-15(9-11)24-14-3-1-2-5-19-14/h1-9H,(H,20,21,23). The van der Waals surface area contributed by atoms with Gasteiger partial charge in [0.15, 0.2) is 0 Å². The van der Waals surface area contributed by atoms with E-state index in [0.29, 0.717) is 11.3 Å². The van der Waals surface area contributed by atoms with Gasteiger partial charge in [-0.2, -0.15) is 0 Å². The van der Waals surface area contributed by atoms with Crippen LogP contribution >= 0.6 is 35.0 Å². The first-order chi connectivity index (χ1) is 11.6. The first kappa shape index (κ1) is 16.7. The SMILES string of the molecule is O=C(Nc1ccnc(Sc2ccccn2)c1)c1cc(Cl)nc(Cl)c1. The van der Waals surface area contributed by atoms with Crippen LogP contribution in [-0.2, 0) is 0 Å². The van der Waals surface area contributed by atoms with Crippen molar-refractivity contribution in [2.24, 2.45) is 0 Å². The van der Waals surface area contributed by atoms with Crippen molar-refractivity contribution in [2.45, 2.75) is 10.1 Å². The number of hydrogen-bond donors (Lipinski definition) is 1. The van der Waals surface area contributed by atoms with Crippen LogP contribution < -0.4 is 5.32 Å². The summed E-state index contributed by atoms with van der Waals surface area (Å²) < 4.78 is 0. The molecule has 8 heteroatoms. The van der Waals surface area contributed by atoms with Crippen molar-refractivity contribution in [3.63, 3.8) is 0 Å². The highest BCUT2D eigenvalue weighted by molar-refractivity contribution is 7.99. The van der Waals surface area contributed by atoms with E-state index in [2.05, 4.69) is 20.3 Å². The molecule has 0 bridgehead atoms. The molecular formula is C16H10Cl2N4OS. The summed E-state index contributed by atoms with van der Waals surface area (Å²) in [5, 5.41) is 4.64. The smallest absolute Gasteiger partial charge is 0.255 e. The monoisotopic (exact) mass is 376 g/mol. The van der Waals surface area contributed by atoms with Gasteiger partial charge < -0.3 is 5.32 Å². The Morgan fingerprint density at radius 3 is 2.42 bits per heavy atom. The zero-order chi connectivity index (χ0) is 16.9. The number of pyridine rings is 3. The van der Waals surface area contributed by atoms with Gasteiger partial charge in [0.25, 0.3) is 5.91 Å². The lowest BCUT2D eigenvalue weighted by Gasteiger charge is -2.07. The Kier molecular flexibility index (Phi) is 5.30. The minimum atomic E-state index is -0.332. The molecule has 0 fully saturated rings. The average Bonchev–Trinajstić information content (AvgIpc) is 2.55. The molecule has 1 amide bonds. The number of anilines is 1. The number of nitrogens with one attached hydrogen (secondary N) is 1. The molecule has 24 heavy (non-hydrogen) atoms. The van der Waals surface area contributed by atoms with Crippen LogP contribution in [0.15, 0.2) is 64.9 Å². The van der Waals surface area contributed by atoms with Crippen molar-refractivity contribution in [3.8, 4) is 0 Å². The molecule has 0 aliphatic heterocycles. The Hall–Kier alpha value is -2.15. The van der Waals surface area contributed by atoms with E-state index in [0.717, 1.165) is 10.1 Å². The topological polar surface area (TPSA) is 67.8 Å². The lowest BCUT2D eigenvalue weighted by atomic mass is 10.2. The van der Waals surface area contributed by atoms with Gasteiger partial charge in [-0.25, -0.2) is 15.0 Å². The molecule has 0 saturated carbocycles. The van der Waals surface area contributed by atoms with E-state index in [1.807, 2.05) is 18.2 Å². The number of hydrogen-bond acceptors (Lipinski definition) is 5. The molecule has 0 aliphatic rings. The number of carbonyl (C=O) groups excluding carboxylic acids is 1. The summed E-state index contributed by atoms with van der Waals surface area (Å²) in [6.45, 7) is 0. The Morgan fingerprint density at radius 1 is 0.958 bits per heavy atom. The summed E-state index contributed by atoms with van der Waals surface area (Å²) in [7, 11) is 0. The second-order valence-corrected chi connectivity index (χ2v) is 6.42. The highest BCUT2D eigenvalue weighted by atomic mass is 35.5. The van der Waals surface area contributed by atoms with Gasteiger partial charge >= 0.3 is 0 Å². The normalized spacial score (nSPS) is 10.4. The molecule has 0 spiro atoms. The van der Waals surface area contributed by atoms with Gasteiger partial charge in [-0.3, -0.25) is 4.79 Å². The third kappa shape index (κ3) is 4.44. The van der Waals surface area contributed by atoms with Gasteiger partial charge in [-0.1, -0.05) is 41.0 Å². The van der Waals surface area contributed by atoms with E-state index in [1.54, 1.807) is 24.5 Å². The third-order valence-electron chi connectivity index (χ3n) is 2.86. The predicted molar refractivity (Wildman–Crippen MR) is 94.8 cm³/mol. The highest BCUT2D eigenvalue weighted by Crippen LogP contribution is 2.25. The molecule has 0 unspecified atom stereocenters. The fraction of sp³-hybridized carbons (Fsp3) is 0. The summed E-state index contributed by atoms with van der Waals surface area (Å²) in [6, 6.07) is 12.0. The van der Waals surface area contributed by atoms with Crippen LogP contribution in [0.2, 0.25) is 10.3 Å². The van der Waals surface area contributed by atoms with Crippen LogP contribution in [0.1, 0.15) is 10.4 Å². The molecule has 3 aromatic rings. The van der Waals surface area contributed by atoms with Crippen LogP contribution in [0.4, 0.5) is 5.69 Å². The van der Waals surface area contributed by atoms with E-state index >= 15 is 0 Å². The van der Waals surface area contributed by atoms with Crippen LogP contribution in [-0.4, -0.2) is 20.9 Å². The van der Waals surface area contributed by atoms with Gasteiger partial charge in [0, 0.05) is 23.6 Å². The molecule has 0 aliphatic carbocycles. The molecule has 5 nitrogen and oxygen atoms in total. The van der Waals surface area contributed by atoms with E-state index in [-0.39, 0.29) is 16.2 Å². The highest BCUT2D eigenvalue weighted by Gasteiger charge is 2.10. The number of amides is 1. The molecule has 3 heterocycles. The quantitative estimate of drug-likeness (QED) is 0.674. The van der Waals surface area contributed by atoms with Crippen LogP contribution in [0.5, 0.6) is 0 Å². The molecule has 0 atom stereocenters. The van der Waals surface area contributed by atoms with E-state index < -0.39 is 0 Å². The Balaban J connectivity index is 1.75. The maximum Gasteiger partial charge on any atom is 0.255 e. The maximum atomic E-state index is 12.3. The summed E-state index contributed by atoms with van der Waals surface area (Å²) in [4.78, 5) is 24.6. The molecule has 3 aromatic heterocycles. The zero-order valence-corrected chi connectivity index (χ0v) is 14.4. The molecule has 3 rings (SSSR count). The van der Waals surface area contributed by atoms with Crippen molar-refractivity contribution >= 4 is 46.6 Å². The van der Waals surface area contributed by atoms with Gasteiger partial charge in [0.1, 0.15) is 20.4 Å². The second kappa shape index (κ2) is 7.61. The summed E-state index contributed by atoms with van der Waals surface area (Å²) >= 11 is 13.0. The minimum Gasteiger partial charge on any atom is -0.322 e. The fourth-order valence-electron chi connectivity index (χ4n) is 1.86. The first-order valence-corrected chi connectivity index (χ1v) is 8.37. The Bertz CT molecular complexity index is 857. The molecule has 0 radical (unpaired) electrons. The number of carbonyl (C=O) groups is 1. The van der Waals surface area contributed by atoms with Gasteiger partial charge in [0.2, 0.25) is 0 Å². The van der Waals surface area contributed by atoms with Gasteiger partial charge in [0.05, 0.1) is 0 Å². The Morgan fingerprint density at radius 2 is 1.71 bits per heavy atom. The van der Waals surface area contributed by atoms with E-state index in [1.165, 1.54) is 23.9 Å². The number of rotatable bonds is 4. The van der Waals surface area contributed by atoms with Gasteiger partial charge in [-0.05, 0) is 36.4 Å². The van der Waals surface area contributed by atoms with Gasteiger partial charge in [-0.15, -0.1) is 0 Å². The van der Waals surface area contributed by atoms with Crippen molar-refractivity contribution < 1.29 is 4.79 Å². The predicted octanol–water partition coefficient (Wildman–Crippen LogP) is 4.58. The average molecular weight is 377 g/mol. The zero-order valence-electron chi connectivity index (χ0n) is 12.1. The second-order valence-electron chi connectivity index (χ2n) is 4.61. The minimum absolute atomic E-state index is 0.161. The number of nitrogens with zero attached hydrogens (tertiary/aromatic N) is 3. The fourth-order valence-corrected chi connectivity index (χ4v) is 3.09. The van der Waals surface area contributed by atoms with Crippen LogP contribution in [0.3, 0.4) is 0 Å². The molecular weight excluding hydrogens is 367 g/mol. The van der Waals surface area contributed by atoms with Crippen molar-refractivity contribution in [1.82, 2.24) is 15.0 Å². The third-order valence-corrected chi connectivity index (χ3v) is 4.13. The Labute approximate surface area is 152 Å².